The average Bonchev–Trinajstić information content (AvgIpc) is 3.35. The molecule has 1 atom stereocenters. The molecule has 36 heavy (non-hydrogen) atoms. The van der Waals surface area contributed by atoms with Crippen LogP contribution in [0, 0.1) is 0 Å². The minimum atomic E-state index is -0.799. The summed E-state index contributed by atoms with van der Waals surface area (Å²) in [5, 5.41) is 3.97. The van der Waals surface area contributed by atoms with Crippen molar-refractivity contribution in [2.75, 3.05) is 26.2 Å². The molecule has 1 aromatic heterocycles. The van der Waals surface area contributed by atoms with Gasteiger partial charge in [0.05, 0.1) is 6.42 Å². The largest absolute Gasteiger partial charge is 0.361 e. The van der Waals surface area contributed by atoms with Gasteiger partial charge >= 0.3 is 0 Å². The molecule has 0 spiro atoms. The Labute approximate surface area is 209 Å². The van der Waals surface area contributed by atoms with Gasteiger partial charge < -0.3 is 20.1 Å². The number of carbonyl (C=O) groups is 3. The number of hydrogen-bond acceptors (Lipinski definition) is 3. The highest BCUT2D eigenvalue weighted by atomic mass is 16.2. The first-order valence-electron chi connectivity index (χ1n) is 12.1. The van der Waals surface area contributed by atoms with Crippen molar-refractivity contribution in [1.82, 2.24) is 20.1 Å². The number of nitrogens with zero attached hydrogens (tertiary/aromatic N) is 2. The maximum absolute atomic E-state index is 13.5. The Bertz CT molecular complexity index is 1360. The van der Waals surface area contributed by atoms with Crippen LogP contribution >= 0.6 is 0 Å². The summed E-state index contributed by atoms with van der Waals surface area (Å²) >= 11 is 0. The number of hydrogen-bond donors (Lipinski definition) is 2. The third-order valence-corrected chi connectivity index (χ3v) is 6.65. The minimum absolute atomic E-state index is 0.0452. The Morgan fingerprint density at radius 3 is 2.11 bits per heavy atom. The van der Waals surface area contributed by atoms with E-state index in [1.54, 1.807) is 29.2 Å². The Balaban J connectivity index is 1.24. The van der Waals surface area contributed by atoms with Gasteiger partial charge in [0.2, 0.25) is 11.8 Å². The lowest BCUT2D eigenvalue weighted by Gasteiger charge is -2.36. The van der Waals surface area contributed by atoms with Crippen LogP contribution in [0.15, 0.2) is 91.1 Å². The van der Waals surface area contributed by atoms with Crippen LogP contribution in [0.5, 0.6) is 0 Å². The second kappa shape index (κ2) is 10.5. The van der Waals surface area contributed by atoms with E-state index in [9.17, 15) is 14.4 Å². The summed E-state index contributed by atoms with van der Waals surface area (Å²) in [6.07, 6.45) is 2.21. The number of amides is 3. The normalized spacial score (nSPS) is 14.4. The molecular weight excluding hydrogens is 452 g/mol. The monoisotopic (exact) mass is 480 g/mol. The zero-order valence-electron chi connectivity index (χ0n) is 19.9. The van der Waals surface area contributed by atoms with Crippen molar-refractivity contribution >= 4 is 28.6 Å². The molecule has 2 heterocycles. The standard InChI is InChI=1S/C29H28N4O3/c34-26(19-23-20-30-25-14-8-7-13-24(23)25)32-15-17-33(18-16-32)29(36)27(21-9-3-1-4-10-21)31-28(35)22-11-5-2-6-12-22/h1-14,20,27,30H,15-19H2,(H,31,35). The van der Waals surface area contributed by atoms with Crippen LogP contribution in [0.3, 0.4) is 0 Å². The molecule has 0 bridgehead atoms. The molecule has 3 amide bonds. The number of carbonyl (C=O) groups excluding carboxylic acids is 3. The number of aromatic nitrogens is 1. The summed E-state index contributed by atoms with van der Waals surface area (Å²) in [5.41, 5.74) is 3.21. The molecule has 3 aromatic carbocycles. The van der Waals surface area contributed by atoms with Gasteiger partial charge in [0.25, 0.3) is 5.91 Å². The van der Waals surface area contributed by atoms with Crippen molar-refractivity contribution in [2.45, 2.75) is 12.5 Å². The van der Waals surface area contributed by atoms with Crippen molar-refractivity contribution < 1.29 is 14.4 Å². The lowest BCUT2D eigenvalue weighted by atomic mass is 10.0. The van der Waals surface area contributed by atoms with Crippen LogP contribution in [0.25, 0.3) is 10.9 Å². The van der Waals surface area contributed by atoms with E-state index in [1.165, 1.54) is 0 Å². The molecule has 1 unspecified atom stereocenters. The summed E-state index contributed by atoms with van der Waals surface area (Å²) in [6, 6.07) is 25.3. The van der Waals surface area contributed by atoms with E-state index in [1.807, 2.05) is 71.8 Å². The smallest absolute Gasteiger partial charge is 0.252 e. The first kappa shape index (κ1) is 23.4. The number of aromatic amines is 1. The van der Waals surface area contributed by atoms with Crippen molar-refractivity contribution in [1.29, 1.82) is 0 Å². The molecule has 5 rings (SSSR count). The second-order valence-electron chi connectivity index (χ2n) is 8.93. The molecule has 7 nitrogen and oxygen atoms in total. The van der Waals surface area contributed by atoms with E-state index in [4.69, 9.17) is 0 Å². The molecule has 1 aliphatic rings. The first-order valence-corrected chi connectivity index (χ1v) is 12.1. The van der Waals surface area contributed by atoms with E-state index < -0.39 is 6.04 Å². The van der Waals surface area contributed by atoms with E-state index in [0.717, 1.165) is 22.0 Å². The van der Waals surface area contributed by atoms with Crippen molar-refractivity contribution in [3.63, 3.8) is 0 Å². The molecule has 1 aliphatic heterocycles. The lowest BCUT2D eigenvalue weighted by Crippen LogP contribution is -2.53. The Morgan fingerprint density at radius 1 is 0.778 bits per heavy atom. The van der Waals surface area contributed by atoms with Gasteiger partial charge in [0, 0.05) is 48.8 Å². The number of H-pyrrole nitrogens is 1. The van der Waals surface area contributed by atoms with Gasteiger partial charge in [-0.2, -0.15) is 0 Å². The highest BCUT2D eigenvalue weighted by molar-refractivity contribution is 5.98. The van der Waals surface area contributed by atoms with E-state index >= 15 is 0 Å². The van der Waals surface area contributed by atoms with Crippen LogP contribution in [0.1, 0.15) is 27.5 Å². The third-order valence-electron chi connectivity index (χ3n) is 6.65. The zero-order valence-corrected chi connectivity index (χ0v) is 19.9. The van der Waals surface area contributed by atoms with Gasteiger partial charge in [-0.05, 0) is 29.3 Å². The molecule has 182 valence electrons. The molecule has 1 saturated heterocycles. The summed E-state index contributed by atoms with van der Waals surface area (Å²) in [4.78, 5) is 46.2. The van der Waals surface area contributed by atoms with Crippen molar-refractivity contribution in [2.24, 2.45) is 0 Å². The van der Waals surface area contributed by atoms with Gasteiger partial charge in [-0.15, -0.1) is 0 Å². The van der Waals surface area contributed by atoms with E-state index in [2.05, 4.69) is 10.3 Å². The zero-order chi connectivity index (χ0) is 24.9. The van der Waals surface area contributed by atoms with E-state index in [0.29, 0.717) is 38.2 Å². The van der Waals surface area contributed by atoms with Gasteiger partial charge in [-0.25, -0.2) is 0 Å². The third kappa shape index (κ3) is 5.00. The Hall–Kier alpha value is -4.39. The predicted octanol–water partition coefficient (Wildman–Crippen LogP) is 3.55. The van der Waals surface area contributed by atoms with Crippen LogP contribution in [0.2, 0.25) is 0 Å². The summed E-state index contributed by atoms with van der Waals surface area (Å²) in [5.74, 6) is -0.427. The minimum Gasteiger partial charge on any atom is -0.361 e. The Morgan fingerprint density at radius 2 is 1.39 bits per heavy atom. The SMILES string of the molecule is O=C(NC(C(=O)N1CCN(C(=O)Cc2c[nH]c3ccccc23)CC1)c1ccccc1)c1ccccc1. The Kier molecular flexibility index (Phi) is 6.80. The topological polar surface area (TPSA) is 85.5 Å². The molecule has 0 radical (unpaired) electrons. The quantitative estimate of drug-likeness (QED) is 0.443. The van der Waals surface area contributed by atoms with Crippen LogP contribution in [-0.4, -0.2) is 58.7 Å². The van der Waals surface area contributed by atoms with Crippen LogP contribution < -0.4 is 5.32 Å². The van der Waals surface area contributed by atoms with Crippen molar-refractivity contribution in [3.8, 4) is 0 Å². The molecule has 7 heteroatoms. The number of nitrogens with one attached hydrogen (secondary N) is 2. The van der Waals surface area contributed by atoms with E-state index in [-0.39, 0.29) is 17.7 Å². The molecule has 1 fully saturated rings. The van der Waals surface area contributed by atoms with Crippen LogP contribution in [-0.2, 0) is 16.0 Å². The number of rotatable bonds is 6. The van der Waals surface area contributed by atoms with Gasteiger partial charge in [0.15, 0.2) is 0 Å². The van der Waals surface area contributed by atoms with Gasteiger partial charge in [-0.3, -0.25) is 14.4 Å². The second-order valence-corrected chi connectivity index (χ2v) is 8.93. The molecule has 0 saturated carbocycles. The highest BCUT2D eigenvalue weighted by Gasteiger charge is 2.31. The number of piperazine rings is 1. The molecule has 0 aliphatic carbocycles. The fourth-order valence-electron chi connectivity index (χ4n) is 4.65. The number of para-hydroxylation sites is 1. The lowest BCUT2D eigenvalue weighted by molar-refractivity contribution is -0.140. The maximum atomic E-state index is 13.5. The number of fused-ring (bicyclic) bond motifs is 1. The van der Waals surface area contributed by atoms with Crippen molar-refractivity contribution in [3.05, 3.63) is 108 Å². The number of benzene rings is 3. The molecule has 2 N–H and O–H groups in total. The molecular formula is C29H28N4O3. The van der Waals surface area contributed by atoms with Crippen LogP contribution in [0.4, 0.5) is 0 Å². The first-order chi connectivity index (χ1) is 17.6. The average molecular weight is 481 g/mol. The fraction of sp³-hybridized carbons (Fsp3) is 0.207. The van der Waals surface area contributed by atoms with Gasteiger partial charge in [0.1, 0.15) is 6.04 Å². The summed E-state index contributed by atoms with van der Waals surface area (Å²) in [6.45, 7) is 1.76. The highest BCUT2D eigenvalue weighted by Crippen LogP contribution is 2.21. The fourth-order valence-corrected chi connectivity index (χ4v) is 4.65. The predicted molar refractivity (Wildman–Crippen MR) is 138 cm³/mol. The molecule has 4 aromatic rings. The summed E-state index contributed by atoms with van der Waals surface area (Å²) in [7, 11) is 0. The summed E-state index contributed by atoms with van der Waals surface area (Å²) < 4.78 is 0. The maximum Gasteiger partial charge on any atom is 0.252 e. The van der Waals surface area contributed by atoms with Gasteiger partial charge in [-0.1, -0.05) is 66.7 Å².